The van der Waals surface area contributed by atoms with Gasteiger partial charge in [-0.25, -0.2) is 0 Å². The molecule has 0 unspecified atom stereocenters. The number of piperidine rings is 1. The summed E-state index contributed by atoms with van der Waals surface area (Å²) in [7, 11) is 2.06. The molecule has 140 valence electrons. The van der Waals surface area contributed by atoms with Crippen molar-refractivity contribution < 1.29 is 4.79 Å². The standard InChI is InChI=1S/C19H27N5OS/c1-14(25)20-17-6-4-16(5-7-17)13-24-10-8-15(9-11-24)12-18-21-22-19(26-3)23(18)2/h4-7,15H,8-13H2,1-3H3,(H,20,25). The molecule has 0 atom stereocenters. The van der Waals surface area contributed by atoms with Gasteiger partial charge in [0, 0.05) is 32.6 Å². The number of carbonyl (C=O) groups is 1. The number of thioether (sulfide) groups is 1. The maximum absolute atomic E-state index is 11.1. The zero-order valence-corrected chi connectivity index (χ0v) is 16.6. The van der Waals surface area contributed by atoms with E-state index in [2.05, 4.69) is 44.2 Å². The molecule has 1 aromatic heterocycles. The van der Waals surface area contributed by atoms with Gasteiger partial charge < -0.3 is 9.88 Å². The van der Waals surface area contributed by atoms with Gasteiger partial charge in [-0.05, 0) is 55.8 Å². The fraction of sp³-hybridized carbons (Fsp3) is 0.526. The van der Waals surface area contributed by atoms with E-state index < -0.39 is 0 Å². The van der Waals surface area contributed by atoms with E-state index in [9.17, 15) is 4.79 Å². The number of nitrogens with zero attached hydrogens (tertiary/aromatic N) is 4. The van der Waals surface area contributed by atoms with Crippen LogP contribution in [0.4, 0.5) is 5.69 Å². The van der Waals surface area contributed by atoms with Crippen molar-refractivity contribution in [1.29, 1.82) is 0 Å². The Morgan fingerprint density at radius 3 is 2.50 bits per heavy atom. The Morgan fingerprint density at radius 2 is 1.92 bits per heavy atom. The molecular formula is C19H27N5OS. The molecular weight excluding hydrogens is 346 g/mol. The summed E-state index contributed by atoms with van der Waals surface area (Å²) in [5, 5.41) is 12.4. The van der Waals surface area contributed by atoms with Crippen molar-refractivity contribution in [1.82, 2.24) is 19.7 Å². The molecule has 0 bridgehead atoms. The number of anilines is 1. The highest BCUT2D eigenvalue weighted by molar-refractivity contribution is 7.98. The Morgan fingerprint density at radius 1 is 1.23 bits per heavy atom. The van der Waals surface area contributed by atoms with E-state index in [1.807, 2.05) is 18.4 Å². The highest BCUT2D eigenvalue weighted by Crippen LogP contribution is 2.23. The van der Waals surface area contributed by atoms with Crippen LogP contribution >= 0.6 is 11.8 Å². The predicted molar refractivity (Wildman–Crippen MR) is 105 cm³/mol. The largest absolute Gasteiger partial charge is 0.326 e. The van der Waals surface area contributed by atoms with Crippen LogP contribution in [-0.2, 0) is 24.8 Å². The van der Waals surface area contributed by atoms with E-state index in [-0.39, 0.29) is 5.91 Å². The molecule has 2 heterocycles. The maximum Gasteiger partial charge on any atom is 0.221 e. The minimum Gasteiger partial charge on any atom is -0.326 e. The lowest BCUT2D eigenvalue weighted by molar-refractivity contribution is -0.114. The van der Waals surface area contributed by atoms with Crippen molar-refractivity contribution in [3.63, 3.8) is 0 Å². The lowest BCUT2D eigenvalue weighted by atomic mass is 9.93. The summed E-state index contributed by atoms with van der Waals surface area (Å²) in [6.07, 6.45) is 5.45. The molecule has 7 heteroatoms. The zero-order valence-electron chi connectivity index (χ0n) is 15.7. The normalized spacial score (nSPS) is 16.0. The van der Waals surface area contributed by atoms with Gasteiger partial charge in [0.25, 0.3) is 0 Å². The highest BCUT2D eigenvalue weighted by Gasteiger charge is 2.21. The van der Waals surface area contributed by atoms with Gasteiger partial charge in [0.15, 0.2) is 5.16 Å². The first-order chi connectivity index (χ1) is 12.5. The number of benzene rings is 1. The second-order valence-corrected chi connectivity index (χ2v) is 7.74. The fourth-order valence-electron chi connectivity index (χ4n) is 3.46. The van der Waals surface area contributed by atoms with Crippen molar-refractivity contribution in [2.24, 2.45) is 13.0 Å². The number of likely N-dealkylation sites (tertiary alicyclic amines) is 1. The van der Waals surface area contributed by atoms with Crippen molar-refractivity contribution >= 4 is 23.4 Å². The monoisotopic (exact) mass is 373 g/mol. The Balaban J connectivity index is 1.47. The molecule has 3 rings (SSSR count). The molecule has 2 aromatic rings. The number of carbonyl (C=O) groups excluding carboxylic acids is 1. The van der Waals surface area contributed by atoms with Crippen LogP contribution < -0.4 is 5.32 Å². The first-order valence-electron chi connectivity index (χ1n) is 9.06. The van der Waals surface area contributed by atoms with E-state index in [1.165, 1.54) is 25.3 Å². The summed E-state index contributed by atoms with van der Waals surface area (Å²) in [5.41, 5.74) is 2.14. The summed E-state index contributed by atoms with van der Waals surface area (Å²) in [4.78, 5) is 13.6. The molecule has 0 radical (unpaired) electrons. The zero-order chi connectivity index (χ0) is 18.5. The Hall–Kier alpha value is -1.86. The summed E-state index contributed by atoms with van der Waals surface area (Å²) >= 11 is 1.64. The SMILES string of the molecule is CSc1nnc(CC2CCN(Cc3ccc(NC(C)=O)cc3)CC2)n1C. The summed E-state index contributed by atoms with van der Waals surface area (Å²) < 4.78 is 2.12. The van der Waals surface area contributed by atoms with Crippen LogP contribution in [0.15, 0.2) is 29.4 Å². The molecule has 26 heavy (non-hydrogen) atoms. The first kappa shape index (κ1) is 18.9. The molecule has 1 aromatic carbocycles. The smallest absolute Gasteiger partial charge is 0.221 e. The summed E-state index contributed by atoms with van der Waals surface area (Å²) in [6, 6.07) is 8.14. The average molecular weight is 374 g/mol. The molecule has 0 spiro atoms. The second kappa shape index (κ2) is 8.68. The van der Waals surface area contributed by atoms with Crippen LogP contribution in [0.25, 0.3) is 0 Å². The number of hydrogen-bond donors (Lipinski definition) is 1. The predicted octanol–water partition coefficient (Wildman–Crippen LogP) is 2.95. The van der Waals surface area contributed by atoms with Crippen molar-refractivity contribution in [2.45, 2.75) is 37.9 Å². The van der Waals surface area contributed by atoms with Gasteiger partial charge >= 0.3 is 0 Å². The molecule has 1 aliphatic heterocycles. The third kappa shape index (κ3) is 4.86. The van der Waals surface area contributed by atoms with E-state index in [1.54, 1.807) is 11.8 Å². The van der Waals surface area contributed by atoms with Gasteiger partial charge in [-0.1, -0.05) is 23.9 Å². The molecule has 0 aliphatic carbocycles. The molecule has 1 aliphatic rings. The first-order valence-corrected chi connectivity index (χ1v) is 10.3. The molecule has 1 N–H and O–H groups in total. The van der Waals surface area contributed by atoms with Crippen molar-refractivity contribution in [3.05, 3.63) is 35.7 Å². The van der Waals surface area contributed by atoms with Crippen LogP contribution in [-0.4, -0.2) is 44.9 Å². The Labute approximate surface area is 159 Å². The van der Waals surface area contributed by atoms with E-state index in [0.717, 1.165) is 42.7 Å². The second-order valence-electron chi connectivity index (χ2n) is 6.96. The molecule has 0 saturated carbocycles. The minimum absolute atomic E-state index is 0.0348. The minimum atomic E-state index is -0.0348. The van der Waals surface area contributed by atoms with E-state index >= 15 is 0 Å². The van der Waals surface area contributed by atoms with Gasteiger partial charge in [-0.15, -0.1) is 10.2 Å². The Kier molecular flexibility index (Phi) is 6.32. The van der Waals surface area contributed by atoms with Crippen LogP contribution in [0.2, 0.25) is 0 Å². The number of rotatable bonds is 6. The van der Waals surface area contributed by atoms with Crippen LogP contribution in [0, 0.1) is 5.92 Å². The van der Waals surface area contributed by atoms with Gasteiger partial charge in [0.1, 0.15) is 5.82 Å². The molecule has 6 nitrogen and oxygen atoms in total. The average Bonchev–Trinajstić information content (AvgIpc) is 2.98. The van der Waals surface area contributed by atoms with Crippen LogP contribution in [0.5, 0.6) is 0 Å². The third-order valence-corrected chi connectivity index (χ3v) is 5.69. The maximum atomic E-state index is 11.1. The number of aromatic nitrogens is 3. The van der Waals surface area contributed by atoms with Crippen molar-refractivity contribution in [2.75, 3.05) is 24.7 Å². The summed E-state index contributed by atoms with van der Waals surface area (Å²) in [5.74, 6) is 1.75. The van der Waals surface area contributed by atoms with Crippen molar-refractivity contribution in [3.8, 4) is 0 Å². The lowest BCUT2D eigenvalue weighted by Crippen LogP contribution is -2.34. The quantitative estimate of drug-likeness (QED) is 0.789. The topological polar surface area (TPSA) is 63.1 Å². The highest BCUT2D eigenvalue weighted by atomic mass is 32.2. The summed E-state index contributed by atoms with van der Waals surface area (Å²) in [6.45, 7) is 4.73. The Bertz CT molecular complexity index is 735. The number of hydrogen-bond acceptors (Lipinski definition) is 5. The third-order valence-electron chi connectivity index (χ3n) is 4.97. The van der Waals surface area contributed by atoms with Crippen LogP contribution in [0.1, 0.15) is 31.2 Å². The molecule has 1 fully saturated rings. The van der Waals surface area contributed by atoms with Crippen LogP contribution in [0.3, 0.4) is 0 Å². The van der Waals surface area contributed by atoms with E-state index in [0.29, 0.717) is 5.92 Å². The van der Waals surface area contributed by atoms with Gasteiger partial charge in [-0.2, -0.15) is 0 Å². The van der Waals surface area contributed by atoms with Gasteiger partial charge in [0.05, 0.1) is 0 Å². The number of nitrogens with one attached hydrogen (secondary N) is 1. The molecule has 1 saturated heterocycles. The van der Waals surface area contributed by atoms with Gasteiger partial charge in [0.2, 0.25) is 5.91 Å². The van der Waals surface area contributed by atoms with Gasteiger partial charge in [-0.3, -0.25) is 9.69 Å². The fourth-order valence-corrected chi connectivity index (χ4v) is 3.96. The molecule has 1 amide bonds. The lowest BCUT2D eigenvalue weighted by Gasteiger charge is -2.31. The van der Waals surface area contributed by atoms with E-state index in [4.69, 9.17) is 0 Å². The number of amides is 1.